The van der Waals surface area contributed by atoms with E-state index in [1.165, 1.54) is 0 Å². The lowest BCUT2D eigenvalue weighted by Gasteiger charge is -2.31. The molecule has 1 heterocycles. The summed E-state index contributed by atoms with van der Waals surface area (Å²) in [7, 11) is 0. The van der Waals surface area contributed by atoms with Crippen LogP contribution < -0.4 is 4.90 Å². The van der Waals surface area contributed by atoms with Crippen LogP contribution >= 0.6 is 0 Å². The largest absolute Gasteiger partial charge is 0.367 e. The second-order valence-electron chi connectivity index (χ2n) is 4.31. The molecule has 1 aromatic rings. The van der Waals surface area contributed by atoms with Gasteiger partial charge in [-0.05, 0) is 25.8 Å². The SMILES string of the molecule is CCCCN(c1cnccc1C#N)C(C)CC. The Bertz CT molecular complexity index is 381. The van der Waals surface area contributed by atoms with Gasteiger partial charge in [-0.2, -0.15) is 5.26 Å². The van der Waals surface area contributed by atoms with Gasteiger partial charge in [-0.3, -0.25) is 4.98 Å². The molecule has 1 unspecified atom stereocenters. The Morgan fingerprint density at radius 2 is 2.24 bits per heavy atom. The van der Waals surface area contributed by atoms with Crippen molar-refractivity contribution in [1.82, 2.24) is 4.98 Å². The Morgan fingerprint density at radius 1 is 1.47 bits per heavy atom. The van der Waals surface area contributed by atoms with E-state index in [0.29, 0.717) is 6.04 Å². The van der Waals surface area contributed by atoms with Crippen LogP contribution in [0.3, 0.4) is 0 Å². The van der Waals surface area contributed by atoms with Crippen LogP contribution in [0.4, 0.5) is 5.69 Å². The molecule has 92 valence electrons. The van der Waals surface area contributed by atoms with E-state index in [0.717, 1.165) is 37.1 Å². The first-order chi connectivity index (χ1) is 8.24. The van der Waals surface area contributed by atoms with Crippen LogP contribution in [0, 0.1) is 11.3 Å². The van der Waals surface area contributed by atoms with Gasteiger partial charge in [0.25, 0.3) is 0 Å². The predicted molar refractivity (Wildman–Crippen MR) is 71.0 cm³/mol. The van der Waals surface area contributed by atoms with Crippen LogP contribution in [-0.2, 0) is 0 Å². The van der Waals surface area contributed by atoms with Crippen LogP contribution in [0.1, 0.15) is 45.6 Å². The van der Waals surface area contributed by atoms with Gasteiger partial charge in [0.1, 0.15) is 6.07 Å². The second kappa shape index (κ2) is 6.90. The third-order valence-electron chi connectivity index (χ3n) is 3.11. The van der Waals surface area contributed by atoms with Crippen LogP contribution in [0.2, 0.25) is 0 Å². The van der Waals surface area contributed by atoms with Gasteiger partial charge >= 0.3 is 0 Å². The number of aromatic nitrogens is 1. The van der Waals surface area contributed by atoms with E-state index in [4.69, 9.17) is 5.26 Å². The number of hydrogen-bond acceptors (Lipinski definition) is 3. The van der Waals surface area contributed by atoms with Crippen molar-refractivity contribution in [3.8, 4) is 6.07 Å². The van der Waals surface area contributed by atoms with Crippen molar-refractivity contribution in [3.05, 3.63) is 24.0 Å². The molecule has 0 fully saturated rings. The molecule has 17 heavy (non-hydrogen) atoms. The summed E-state index contributed by atoms with van der Waals surface area (Å²) in [6.07, 6.45) is 6.86. The Hall–Kier alpha value is -1.56. The molecular weight excluding hydrogens is 210 g/mol. The van der Waals surface area contributed by atoms with E-state index in [2.05, 4.69) is 36.7 Å². The molecule has 0 aliphatic heterocycles. The fraction of sp³-hybridized carbons (Fsp3) is 0.571. The first-order valence-electron chi connectivity index (χ1n) is 6.35. The fourth-order valence-corrected chi connectivity index (χ4v) is 1.84. The molecule has 0 aliphatic carbocycles. The summed E-state index contributed by atoms with van der Waals surface area (Å²) in [5.74, 6) is 0. The van der Waals surface area contributed by atoms with E-state index in [1.807, 2.05) is 0 Å². The maximum atomic E-state index is 9.14. The monoisotopic (exact) mass is 231 g/mol. The lowest BCUT2D eigenvalue weighted by Crippen LogP contribution is -2.34. The summed E-state index contributed by atoms with van der Waals surface area (Å²) < 4.78 is 0. The zero-order chi connectivity index (χ0) is 12.7. The highest BCUT2D eigenvalue weighted by Gasteiger charge is 2.15. The highest BCUT2D eigenvalue weighted by molar-refractivity contribution is 5.58. The summed E-state index contributed by atoms with van der Waals surface area (Å²) in [6, 6.07) is 4.48. The maximum absolute atomic E-state index is 9.14. The number of nitriles is 1. The zero-order valence-corrected chi connectivity index (χ0v) is 11.0. The van der Waals surface area contributed by atoms with Gasteiger partial charge in [0.15, 0.2) is 0 Å². The molecule has 3 nitrogen and oxygen atoms in total. The van der Waals surface area contributed by atoms with Crippen molar-refractivity contribution in [2.75, 3.05) is 11.4 Å². The molecule has 0 aromatic carbocycles. The first-order valence-corrected chi connectivity index (χ1v) is 6.35. The lowest BCUT2D eigenvalue weighted by atomic mass is 10.1. The number of nitrogens with zero attached hydrogens (tertiary/aromatic N) is 3. The number of unbranched alkanes of at least 4 members (excludes halogenated alkanes) is 1. The van der Waals surface area contributed by atoms with Crippen molar-refractivity contribution < 1.29 is 0 Å². The molecule has 0 saturated carbocycles. The quantitative estimate of drug-likeness (QED) is 0.753. The molecule has 0 bridgehead atoms. The highest BCUT2D eigenvalue weighted by Crippen LogP contribution is 2.22. The third-order valence-corrected chi connectivity index (χ3v) is 3.11. The Labute approximate surface area is 104 Å². The van der Waals surface area contributed by atoms with E-state index in [9.17, 15) is 0 Å². The molecule has 1 aromatic heterocycles. The first kappa shape index (κ1) is 13.5. The van der Waals surface area contributed by atoms with Crippen LogP contribution in [0.25, 0.3) is 0 Å². The van der Waals surface area contributed by atoms with Crippen molar-refractivity contribution in [3.63, 3.8) is 0 Å². The van der Waals surface area contributed by atoms with Gasteiger partial charge in [-0.1, -0.05) is 20.3 Å². The standard InChI is InChI=1S/C14H21N3/c1-4-6-9-17(12(3)5-2)14-11-16-8-7-13(14)10-15/h7-8,11-12H,4-6,9H2,1-3H3. The van der Waals surface area contributed by atoms with Gasteiger partial charge in [-0.15, -0.1) is 0 Å². The second-order valence-corrected chi connectivity index (χ2v) is 4.31. The average molecular weight is 231 g/mol. The summed E-state index contributed by atoms with van der Waals surface area (Å²) in [5, 5.41) is 9.14. The molecule has 1 rings (SSSR count). The molecule has 1 atom stereocenters. The number of pyridine rings is 1. The average Bonchev–Trinajstić information content (AvgIpc) is 2.39. The molecule has 0 spiro atoms. The molecule has 0 N–H and O–H groups in total. The minimum absolute atomic E-state index is 0.442. The molecule has 0 aliphatic rings. The van der Waals surface area contributed by atoms with Gasteiger partial charge < -0.3 is 4.90 Å². The number of hydrogen-bond donors (Lipinski definition) is 0. The van der Waals surface area contributed by atoms with Gasteiger partial charge in [0.2, 0.25) is 0 Å². The van der Waals surface area contributed by atoms with E-state index in [-0.39, 0.29) is 0 Å². The molecule has 0 radical (unpaired) electrons. The minimum Gasteiger partial charge on any atom is -0.367 e. The van der Waals surface area contributed by atoms with Crippen LogP contribution in [-0.4, -0.2) is 17.6 Å². The summed E-state index contributed by atoms with van der Waals surface area (Å²) in [5.41, 5.74) is 1.69. The molecule has 0 saturated heterocycles. The van der Waals surface area contributed by atoms with Crippen LogP contribution in [0.15, 0.2) is 18.5 Å². The van der Waals surface area contributed by atoms with Gasteiger partial charge in [-0.25, -0.2) is 0 Å². The van der Waals surface area contributed by atoms with Gasteiger partial charge in [0.05, 0.1) is 17.4 Å². The van der Waals surface area contributed by atoms with Gasteiger partial charge in [0, 0.05) is 18.8 Å². The normalized spacial score (nSPS) is 11.9. The Kier molecular flexibility index (Phi) is 5.48. The zero-order valence-electron chi connectivity index (χ0n) is 11.0. The van der Waals surface area contributed by atoms with Crippen LogP contribution in [0.5, 0.6) is 0 Å². The molecule has 0 amide bonds. The lowest BCUT2D eigenvalue weighted by molar-refractivity contribution is 0.594. The minimum atomic E-state index is 0.442. The van der Waals surface area contributed by atoms with Crippen molar-refractivity contribution in [2.24, 2.45) is 0 Å². The summed E-state index contributed by atoms with van der Waals surface area (Å²) in [4.78, 5) is 6.45. The summed E-state index contributed by atoms with van der Waals surface area (Å²) in [6.45, 7) is 7.55. The number of anilines is 1. The van der Waals surface area contributed by atoms with E-state index >= 15 is 0 Å². The number of rotatable bonds is 6. The molecular formula is C14H21N3. The topological polar surface area (TPSA) is 39.9 Å². The maximum Gasteiger partial charge on any atom is 0.101 e. The summed E-state index contributed by atoms with van der Waals surface area (Å²) >= 11 is 0. The Balaban J connectivity index is 2.99. The van der Waals surface area contributed by atoms with E-state index in [1.54, 1.807) is 18.5 Å². The molecule has 3 heteroatoms. The smallest absolute Gasteiger partial charge is 0.101 e. The van der Waals surface area contributed by atoms with Crippen molar-refractivity contribution in [2.45, 2.75) is 46.1 Å². The van der Waals surface area contributed by atoms with E-state index < -0.39 is 0 Å². The third kappa shape index (κ3) is 3.45. The highest BCUT2D eigenvalue weighted by atomic mass is 15.2. The van der Waals surface area contributed by atoms with Crippen molar-refractivity contribution >= 4 is 5.69 Å². The Morgan fingerprint density at radius 3 is 2.82 bits per heavy atom. The predicted octanol–water partition coefficient (Wildman–Crippen LogP) is 3.36. The van der Waals surface area contributed by atoms with Crippen molar-refractivity contribution in [1.29, 1.82) is 5.26 Å². The fourth-order valence-electron chi connectivity index (χ4n) is 1.84.